The van der Waals surface area contributed by atoms with Crippen LogP contribution in [-0.2, 0) is 0 Å². The number of aromatic nitrogens is 1. The number of nitrogens with one attached hydrogen (secondary N) is 1. The molecular weight excluding hydrogens is 230 g/mol. The summed E-state index contributed by atoms with van der Waals surface area (Å²) in [6, 6.07) is 3.03. The predicted octanol–water partition coefficient (Wildman–Crippen LogP) is 1.84. The number of anilines is 1. The Balaban J connectivity index is 1.70. The summed E-state index contributed by atoms with van der Waals surface area (Å²) in [5.74, 6) is 3.25. The van der Waals surface area contributed by atoms with Crippen molar-refractivity contribution in [2.75, 3.05) is 30.3 Å². The minimum absolute atomic E-state index is 0.639. The monoisotopic (exact) mass is 247 g/mol. The molecule has 17 heavy (non-hydrogen) atoms. The lowest BCUT2D eigenvalue weighted by Gasteiger charge is -2.41. The fourth-order valence-corrected chi connectivity index (χ4v) is 3.98. The van der Waals surface area contributed by atoms with E-state index in [4.69, 9.17) is 4.98 Å². The molecule has 0 unspecified atom stereocenters. The molecule has 90 valence electrons. The highest BCUT2D eigenvalue weighted by Gasteiger charge is 2.31. The lowest BCUT2D eigenvalue weighted by atomic mass is 10.1. The molecule has 4 heteroatoms. The third-order valence-electron chi connectivity index (χ3n) is 3.96. The summed E-state index contributed by atoms with van der Waals surface area (Å²) in [4.78, 5) is 8.65. The summed E-state index contributed by atoms with van der Waals surface area (Å²) in [7, 11) is 0. The summed E-state index contributed by atoms with van der Waals surface area (Å²) in [5.41, 5.74) is 1.46. The van der Waals surface area contributed by atoms with E-state index in [0.29, 0.717) is 6.04 Å². The van der Waals surface area contributed by atoms with Gasteiger partial charge in [0.25, 0.3) is 0 Å². The van der Waals surface area contributed by atoms with Crippen LogP contribution in [0.4, 0.5) is 5.82 Å². The maximum Gasteiger partial charge on any atom is 0.142 e. The van der Waals surface area contributed by atoms with Gasteiger partial charge >= 0.3 is 0 Å². The van der Waals surface area contributed by atoms with Crippen LogP contribution in [0.2, 0.25) is 0 Å². The Bertz CT molecular complexity index is 444. The first-order valence-corrected chi connectivity index (χ1v) is 7.50. The highest BCUT2D eigenvalue weighted by Crippen LogP contribution is 2.43. The number of rotatable bonds is 1. The molecule has 1 aromatic heterocycles. The van der Waals surface area contributed by atoms with Gasteiger partial charge in [-0.05, 0) is 30.4 Å². The van der Waals surface area contributed by atoms with Crippen LogP contribution in [0.15, 0.2) is 17.2 Å². The van der Waals surface area contributed by atoms with Crippen LogP contribution in [-0.4, -0.2) is 36.4 Å². The Morgan fingerprint density at radius 2 is 2.35 bits per heavy atom. The molecule has 1 aromatic rings. The van der Waals surface area contributed by atoms with Crippen molar-refractivity contribution in [3.05, 3.63) is 17.8 Å². The zero-order chi connectivity index (χ0) is 11.2. The third kappa shape index (κ3) is 1.74. The van der Waals surface area contributed by atoms with Crippen molar-refractivity contribution < 1.29 is 0 Å². The molecule has 1 N–H and O–H groups in total. The van der Waals surface area contributed by atoms with E-state index in [1.54, 1.807) is 0 Å². The summed E-state index contributed by atoms with van der Waals surface area (Å²) < 4.78 is 0. The second-order valence-electron chi connectivity index (χ2n) is 5.23. The van der Waals surface area contributed by atoms with Gasteiger partial charge in [0, 0.05) is 31.6 Å². The maximum absolute atomic E-state index is 4.74. The van der Waals surface area contributed by atoms with Gasteiger partial charge in [-0.2, -0.15) is 0 Å². The quantitative estimate of drug-likeness (QED) is 0.819. The van der Waals surface area contributed by atoms with Gasteiger partial charge in [0.05, 0.1) is 10.9 Å². The Morgan fingerprint density at radius 1 is 1.41 bits per heavy atom. The van der Waals surface area contributed by atoms with E-state index >= 15 is 0 Å². The molecule has 0 amide bonds. The zero-order valence-corrected chi connectivity index (χ0v) is 10.7. The van der Waals surface area contributed by atoms with Gasteiger partial charge in [-0.3, -0.25) is 0 Å². The highest BCUT2D eigenvalue weighted by atomic mass is 32.2. The molecule has 1 aliphatic carbocycles. The van der Waals surface area contributed by atoms with Crippen LogP contribution >= 0.6 is 11.8 Å². The van der Waals surface area contributed by atoms with Crippen molar-refractivity contribution in [2.24, 2.45) is 0 Å². The fourth-order valence-electron chi connectivity index (χ4n) is 2.79. The third-order valence-corrected chi connectivity index (χ3v) is 5.12. The highest BCUT2D eigenvalue weighted by molar-refractivity contribution is 7.99. The average Bonchev–Trinajstić information content (AvgIpc) is 3.22. The zero-order valence-electron chi connectivity index (χ0n) is 9.85. The van der Waals surface area contributed by atoms with Crippen LogP contribution in [0, 0.1) is 0 Å². The summed E-state index contributed by atoms with van der Waals surface area (Å²) in [5, 5.41) is 3.47. The van der Waals surface area contributed by atoms with Crippen molar-refractivity contribution in [3.63, 3.8) is 0 Å². The van der Waals surface area contributed by atoms with Gasteiger partial charge in [0.1, 0.15) is 5.82 Å². The number of piperazine rings is 1. The molecule has 1 saturated heterocycles. The number of pyridine rings is 1. The maximum atomic E-state index is 4.74. The average molecular weight is 247 g/mol. The van der Waals surface area contributed by atoms with E-state index in [9.17, 15) is 0 Å². The molecule has 3 aliphatic rings. The first-order valence-electron chi connectivity index (χ1n) is 6.52. The van der Waals surface area contributed by atoms with Gasteiger partial charge in [-0.25, -0.2) is 4.98 Å². The van der Waals surface area contributed by atoms with Gasteiger partial charge in [-0.1, -0.05) is 0 Å². The Hall–Kier alpha value is -0.740. The molecule has 0 spiro atoms. The predicted molar refractivity (Wildman–Crippen MR) is 70.9 cm³/mol. The Morgan fingerprint density at radius 3 is 3.24 bits per heavy atom. The Labute approximate surface area is 106 Å². The molecule has 1 atom stereocenters. The van der Waals surface area contributed by atoms with Crippen LogP contribution < -0.4 is 10.2 Å². The van der Waals surface area contributed by atoms with E-state index in [1.807, 2.05) is 11.8 Å². The molecule has 2 fully saturated rings. The molecule has 0 radical (unpaired) electrons. The molecule has 1 saturated carbocycles. The summed E-state index contributed by atoms with van der Waals surface area (Å²) >= 11 is 1.99. The minimum Gasteiger partial charge on any atom is -0.349 e. The normalized spacial score (nSPS) is 27.5. The van der Waals surface area contributed by atoms with Crippen molar-refractivity contribution in [3.8, 4) is 0 Å². The van der Waals surface area contributed by atoms with Gasteiger partial charge < -0.3 is 10.2 Å². The molecule has 4 rings (SSSR count). The second kappa shape index (κ2) is 3.89. The van der Waals surface area contributed by atoms with Crippen molar-refractivity contribution in [2.45, 2.75) is 29.7 Å². The van der Waals surface area contributed by atoms with E-state index in [-0.39, 0.29) is 0 Å². The van der Waals surface area contributed by atoms with E-state index in [0.717, 1.165) is 25.6 Å². The smallest absolute Gasteiger partial charge is 0.142 e. The molecule has 0 bridgehead atoms. The van der Waals surface area contributed by atoms with Crippen LogP contribution in [0.5, 0.6) is 0 Å². The van der Waals surface area contributed by atoms with Gasteiger partial charge in [0.15, 0.2) is 0 Å². The minimum atomic E-state index is 0.639. The van der Waals surface area contributed by atoms with Crippen LogP contribution in [0.25, 0.3) is 0 Å². The lowest BCUT2D eigenvalue weighted by molar-refractivity contribution is 0.495. The largest absolute Gasteiger partial charge is 0.349 e. The van der Waals surface area contributed by atoms with E-state index in [1.165, 1.54) is 34.9 Å². The van der Waals surface area contributed by atoms with E-state index < -0.39 is 0 Å². The molecule has 3 nitrogen and oxygen atoms in total. The topological polar surface area (TPSA) is 28.2 Å². The van der Waals surface area contributed by atoms with Crippen LogP contribution in [0.1, 0.15) is 24.3 Å². The van der Waals surface area contributed by atoms with Crippen LogP contribution in [0.3, 0.4) is 0 Å². The number of nitrogens with zero attached hydrogens (tertiary/aromatic N) is 2. The molecular formula is C13H17N3S. The van der Waals surface area contributed by atoms with Gasteiger partial charge in [0.2, 0.25) is 0 Å². The van der Waals surface area contributed by atoms with Crippen molar-refractivity contribution >= 4 is 17.6 Å². The van der Waals surface area contributed by atoms with Crippen molar-refractivity contribution in [1.82, 2.24) is 10.3 Å². The first-order chi connectivity index (χ1) is 8.42. The molecule has 3 heterocycles. The second-order valence-corrected chi connectivity index (χ2v) is 6.29. The Kier molecular flexibility index (Phi) is 2.33. The number of hydrogen-bond acceptors (Lipinski definition) is 4. The van der Waals surface area contributed by atoms with E-state index in [2.05, 4.69) is 22.5 Å². The molecule has 0 aromatic carbocycles. The number of fused-ring (bicyclic) bond motifs is 3. The SMILES string of the molecule is c1nc2c(cc1C1CC1)SC[C@@H]1CNCCN21. The fraction of sp³-hybridized carbons (Fsp3) is 0.615. The molecule has 2 aliphatic heterocycles. The number of thioether (sulfide) groups is 1. The van der Waals surface area contributed by atoms with Crippen molar-refractivity contribution in [1.29, 1.82) is 0 Å². The van der Waals surface area contributed by atoms with Gasteiger partial charge in [-0.15, -0.1) is 11.8 Å². The summed E-state index contributed by atoms with van der Waals surface area (Å²) in [6.45, 7) is 3.30. The standard InChI is InChI=1S/C13H17N3S/c1-2-9(1)10-5-12-13(15-6-10)16-4-3-14-7-11(16)8-17-12/h5-6,9,11,14H,1-4,7-8H2/t11-/m0/s1. The summed E-state index contributed by atoms with van der Waals surface area (Å²) in [6.07, 6.45) is 4.84. The number of hydrogen-bond donors (Lipinski definition) is 1. The first kappa shape index (κ1) is 10.2. The lowest BCUT2D eigenvalue weighted by Crippen LogP contribution is -2.54.